The largest absolute Gasteiger partial charge is 0.387 e. The van der Waals surface area contributed by atoms with Gasteiger partial charge in [-0.3, -0.25) is 0 Å². The van der Waals surface area contributed by atoms with Crippen LogP contribution in [0.2, 0.25) is 0 Å². The Hall–Kier alpha value is -0.640. The number of hydrogen-bond donors (Lipinski definition) is 1. The molecule has 0 bridgehead atoms. The monoisotopic (exact) mass is 310 g/mol. The van der Waals surface area contributed by atoms with E-state index >= 15 is 0 Å². The van der Waals surface area contributed by atoms with Crippen LogP contribution in [0, 0.1) is 13.8 Å². The van der Waals surface area contributed by atoms with E-state index in [1.807, 2.05) is 24.3 Å². The van der Waals surface area contributed by atoms with Crippen LogP contribution in [0.1, 0.15) is 27.0 Å². The zero-order chi connectivity index (χ0) is 12.4. The van der Waals surface area contributed by atoms with E-state index < -0.39 is 6.10 Å². The summed E-state index contributed by atoms with van der Waals surface area (Å²) in [4.78, 5) is 2.34. The molecule has 1 aromatic heterocycles. The average Bonchev–Trinajstić information content (AvgIpc) is 2.63. The summed E-state index contributed by atoms with van der Waals surface area (Å²) in [6, 6.07) is 10.1. The van der Waals surface area contributed by atoms with Crippen molar-refractivity contribution in [3.05, 3.63) is 55.7 Å². The van der Waals surface area contributed by atoms with Gasteiger partial charge in [-0.05, 0) is 37.1 Å². The molecule has 0 saturated carbocycles. The van der Waals surface area contributed by atoms with Crippen molar-refractivity contribution in [2.24, 2.45) is 0 Å². The Bertz CT molecular complexity index is 499. The van der Waals surface area contributed by atoms with Crippen molar-refractivity contribution < 1.29 is 5.11 Å². The zero-order valence-electron chi connectivity index (χ0n) is 9.90. The fourth-order valence-corrected chi connectivity index (χ4v) is 3.21. The summed E-state index contributed by atoms with van der Waals surface area (Å²) in [7, 11) is 0. The first-order chi connectivity index (χ1) is 8.08. The van der Waals surface area contributed by atoms with Gasteiger partial charge in [0.1, 0.15) is 0 Å². The molecule has 1 unspecified atom stereocenters. The summed E-state index contributed by atoms with van der Waals surface area (Å²) in [6.45, 7) is 4.18. The van der Waals surface area contributed by atoms with Crippen molar-refractivity contribution in [1.82, 2.24) is 0 Å². The smallest absolute Gasteiger partial charge is 0.0922 e. The van der Waals surface area contributed by atoms with Gasteiger partial charge in [0.05, 0.1) is 6.10 Å². The van der Waals surface area contributed by atoms with Gasteiger partial charge in [-0.2, -0.15) is 0 Å². The van der Waals surface area contributed by atoms with E-state index in [-0.39, 0.29) is 0 Å². The van der Waals surface area contributed by atoms with Crippen molar-refractivity contribution in [2.75, 3.05) is 0 Å². The van der Waals surface area contributed by atoms with Crippen molar-refractivity contribution >= 4 is 27.3 Å². The molecule has 0 amide bonds. The first-order valence-electron chi connectivity index (χ1n) is 5.56. The van der Waals surface area contributed by atoms with E-state index in [0.717, 1.165) is 14.9 Å². The maximum Gasteiger partial charge on any atom is 0.0922 e. The maximum atomic E-state index is 10.2. The van der Waals surface area contributed by atoms with Gasteiger partial charge in [-0.15, -0.1) is 11.3 Å². The lowest BCUT2D eigenvalue weighted by atomic mass is 10.1. The minimum Gasteiger partial charge on any atom is -0.387 e. The van der Waals surface area contributed by atoms with Crippen LogP contribution in [0.3, 0.4) is 0 Å². The number of aliphatic hydroxyl groups excluding tert-OH is 1. The highest BCUT2D eigenvalue weighted by molar-refractivity contribution is 9.10. The van der Waals surface area contributed by atoms with E-state index in [9.17, 15) is 5.11 Å². The minimum absolute atomic E-state index is 0.411. The van der Waals surface area contributed by atoms with Crippen LogP contribution in [0.25, 0.3) is 0 Å². The van der Waals surface area contributed by atoms with Gasteiger partial charge in [-0.25, -0.2) is 0 Å². The minimum atomic E-state index is -0.411. The Balaban J connectivity index is 2.17. The van der Waals surface area contributed by atoms with Gasteiger partial charge in [0.2, 0.25) is 0 Å². The second-order valence-electron chi connectivity index (χ2n) is 4.20. The van der Waals surface area contributed by atoms with Gasteiger partial charge < -0.3 is 5.11 Å². The molecule has 1 heterocycles. The molecule has 0 fully saturated rings. The van der Waals surface area contributed by atoms with E-state index in [4.69, 9.17) is 0 Å². The molecule has 0 spiro atoms. The summed E-state index contributed by atoms with van der Waals surface area (Å²) in [6.07, 6.45) is 0.243. The highest BCUT2D eigenvalue weighted by Gasteiger charge is 2.13. The van der Waals surface area contributed by atoms with Crippen molar-refractivity contribution in [3.8, 4) is 0 Å². The van der Waals surface area contributed by atoms with Crippen LogP contribution < -0.4 is 0 Å². The third-order valence-electron chi connectivity index (χ3n) is 2.88. The van der Waals surface area contributed by atoms with Crippen LogP contribution in [0.5, 0.6) is 0 Å². The number of aliphatic hydroxyl groups is 1. The molecule has 1 nitrogen and oxygen atoms in total. The predicted molar refractivity (Wildman–Crippen MR) is 76.6 cm³/mol. The second kappa shape index (κ2) is 5.34. The second-order valence-corrected chi connectivity index (χ2v) is 6.34. The number of rotatable bonds is 3. The van der Waals surface area contributed by atoms with Gasteiger partial charge in [0.25, 0.3) is 0 Å². The summed E-state index contributed by atoms with van der Waals surface area (Å²) in [5.41, 5.74) is 2.40. The standard InChI is InChI=1S/C14H15BrOS/c1-9-7-14(17-10(9)2)13(16)8-11-5-3-4-6-12(11)15/h3-7,13,16H,8H2,1-2H3. The summed E-state index contributed by atoms with van der Waals surface area (Å²) < 4.78 is 1.06. The molecule has 0 aliphatic heterocycles. The summed E-state index contributed by atoms with van der Waals surface area (Å²) in [5, 5.41) is 10.2. The maximum absolute atomic E-state index is 10.2. The first kappa shape index (κ1) is 12.8. The molecule has 1 atom stereocenters. The van der Waals surface area contributed by atoms with Crippen molar-refractivity contribution in [1.29, 1.82) is 0 Å². The number of hydrogen-bond acceptors (Lipinski definition) is 2. The SMILES string of the molecule is Cc1cc(C(O)Cc2ccccc2Br)sc1C. The highest BCUT2D eigenvalue weighted by Crippen LogP contribution is 2.30. The van der Waals surface area contributed by atoms with Crippen LogP contribution in [-0.2, 0) is 6.42 Å². The van der Waals surface area contributed by atoms with Crippen LogP contribution in [0.4, 0.5) is 0 Å². The molecule has 2 rings (SSSR count). The quantitative estimate of drug-likeness (QED) is 0.890. The third-order valence-corrected chi connectivity index (χ3v) is 4.91. The topological polar surface area (TPSA) is 20.2 Å². The highest BCUT2D eigenvalue weighted by atomic mass is 79.9. The van der Waals surface area contributed by atoms with Crippen LogP contribution in [0.15, 0.2) is 34.8 Å². The summed E-state index contributed by atoms with van der Waals surface area (Å²) >= 11 is 5.19. The Morgan fingerprint density at radius 1 is 1.29 bits per heavy atom. The molecule has 0 saturated heterocycles. The normalized spacial score (nSPS) is 12.7. The van der Waals surface area contributed by atoms with E-state index in [1.165, 1.54) is 10.4 Å². The van der Waals surface area contributed by atoms with E-state index in [2.05, 4.69) is 35.8 Å². The molecule has 0 aliphatic rings. The Morgan fingerprint density at radius 2 is 2.00 bits per heavy atom. The van der Waals surface area contributed by atoms with Crippen LogP contribution in [-0.4, -0.2) is 5.11 Å². The molecular formula is C14H15BrOS. The Kier molecular flexibility index (Phi) is 4.02. The molecular weight excluding hydrogens is 296 g/mol. The van der Waals surface area contributed by atoms with Crippen LogP contribution >= 0.6 is 27.3 Å². The average molecular weight is 311 g/mol. The van der Waals surface area contributed by atoms with Gasteiger partial charge >= 0.3 is 0 Å². The lowest BCUT2D eigenvalue weighted by Gasteiger charge is -2.09. The zero-order valence-corrected chi connectivity index (χ0v) is 12.3. The van der Waals surface area contributed by atoms with Crippen molar-refractivity contribution in [3.63, 3.8) is 0 Å². The van der Waals surface area contributed by atoms with Gasteiger partial charge in [0, 0.05) is 20.6 Å². The first-order valence-corrected chi connectivity index (χ1v) is 7.17. The molecule has 2 aromatic rings. The molecule has 1 N–H and O–H groups in total. The number of benzene rings is 1. The lowest BCUT2D eigenvalue weighted by Crippen LogP contribution is -2.00. The number of halogens is 1. The van der Waals surface area contributed by atoms with Gasteiger partial charge in [0.15, 0.2) is 0 Å². The fraction of sp³-hybridized carbons (Fsp3) is 0.286. The summed E-state index contributed by atoms with van der Waals surface area (Å²) in [5.74, 6) is 0. The lowest BCUT2D eigenvalue weighted by molar-refractivity contribution is 0.182. The number of thiophene rings is 1. The Labute approximate surface area is 114 Å². The predicted octanol–water partition coefficient (Wildman–Crippen LogP) is 4.40. The number of aryl methyl sites for hydroxylation is 2. The van der Waals surface area contributed by atoms with Crippen molar-refractivity contribution in [2.45, 2.75) is 26.4 Å². The molecule has 3 heteroatoms. The molecule has 90 valence electrons. The third kappa shape index (κ3) is 2.97. The van der Waals surface area contributed by atoms with Gasteiger partial charge in [-0.1, -0.05) is 34.1 Å². The molecule has 17 heavy (non-hydrogen) atoms. The Morgan fingerprint density at radius 3 is 2.59 bits per heavy atom. The van der Waals surface area contributed by atoms with E-state index in [1.54, 1.807) is 11.3 Å². The molecule has 0 aliphatic carbocycles. The van der Waals surface area contributed by atoms with E-state index in [0.29, 0.717) is 6.42 Å². The fourth-order valence-electron chi connectivity index (χ4n) is 1.74. The molecule has 1 aromatic carbocycles. The molecule has 0 radical (unpaired) electrons.